The van der Waals surface area contributed by atoms with Gasteiger partial charge in [-0.3, -0.25) is 10.1 Å². The van der Waals surface area contributed by atoms with Crippen molar-refractivity contribution in [2.24, 2.45) is 0 Å². The third-order valence-electron chi connectivity index (χ3n) is 4.22. The van der Waals surface area contributed by atoms with Crippen LogP contribution in [0.15, 0.2) is 16.8 Å². The zero-order valence-corrected chi connectivity index (χ0v) is 12.3. The lowest BCUT2D eigenvalue weighted by atomic mass is 10.1. The van der Waals surface area contributed by atoms with E-state index in [4.69, 9.17) is 0 Å². The van der Waals surface area contributed by atoms with Crippen LogP contribution in [0, 0.1) is 0 Å². The summed E-state index contributed by atoms with van der Waals surface area (Å²) in [6.45, 7) is 4.15. The molecule has 2 aliphatic heterocycles. The van der Waals surface area contributed by atoms with Crippen LogP contribution < -0.4 is 5.32 Å². The molecule has 1 aromatic heterocycles. The van der Waals surface area contributed by atoms with Gasteiger partial charge < -0.3 is 9.80 Å². The molecule has 0 bridgehead atoms. The Labute approximate surface area is 118 Å². The molecule has 19 heavy (non-hydrogen) atoms. The summed E-state index contributed by atoms with van der Waals surface area (Å²) >= 11 is 1.69. The fourth-order valence-corrected chi connectivity index (χ4v) is 3.84. The number of thiophene rings is 1. The van der Waals surface area contributed by atoms with E-state index in [0.717, 1.165) is 25.9 Å². The van der Waals surface area contributed by atoms with Gasteiger partial charge in [-0.05, 0) is 48.8 Å². The number of amides is 1. The van der Waals surface area contributed by atoms with Crippen LogP contribution in [0.3, 0.4) is 0 Å². The van der Waals surface area contributed by atoms with Gasteiger partial charge in [0, 0.05) is 12.6 Å². The highest BCUT2D eigenvalue weighted by molar-refractivity contribution is 7.07. The molecule has 4 nitrogen and oxygen atoms in total. The molecule has 0 radical (unpaired) electrons. The van der Waals surface area contributed by atoms with E-state index in [9.17, 15) is 4.79 Å². The summed E-state index contributed by atoms with van der Waals surface area (Å²) < 4.78 is 0. The summed E-state index contributed by atoms with van der Waals surface area (Å²) in [7, 11) is 2.13. The second kappa shape index (κ2) is 5.23. The first-order chi connectivity index (χ1) is 9.20. The lowest BCUT2D eigenvalue weighted by Gasteiger charge is -2.29. The molecule has 3 unspecified atom stereocenters. The van der Waals surface area contributed by atoms with Crippen molar-refractivity contribution in [3.63, 3.8) is 0 Å². The summed E-state index contributed by atoms with van der Waals surface area (Å²) in [5.74, 6) is 0.277. The SMILES string of the molecule is CCC1NC(c2ccsc2)N(C2CCN(C)C2)C1=O. The number of rotatable bonds is 3. The van der Waals surface area contributed by atoms with Crippen molar-refractivity contribution in [1.82, 2.24) is 15.1 Å². The van der Waals surface area contributed by atoms with Crippen LogP contribution in [0.5, 0.6) is 0 Å². The molecule has 3 atom stereocenters. The van der Waals surface area contributed by atoms with E-state index in [2.05, 4.69) is 45.9 Å². The van der Waals surface area contributed by atoms with Crippen LogP contribution >= 0.6 is 11.3 Å². The maximum atomic E-state index is 12.6. The summed E-state index contributed by atoms with van der Waals surface area (Å²) in [6, 6.07) is 2.46. The topological polar surface area (TPSA) is 35.6 Å². The number of hydrogen-bond donors (Lipinski definition) is 1. The van der Waals surface area contributed by atoms with Gasteiger partial charge in [0.05, 0.1) is 6.04 Å². The monoisotopic (exact) mass is 279 g/mol. The largest absolute Gasteiger partial charge is 0.317 e. The first kappa shape index (κ1) is 13.1. The number of carbonyl (C=O) groups excluding carboxylic acids is 1. The number of hydrogen-bond acceptors (Lipinski definition) is 4. The van der Waals surface area contributed by atoms with Gasteiger partial charge in [-0.25, -0.2) is 0 Å². The lowest BCUT2D eigenvalue weighted by molar-refractivity contribution is -0.132. The Morgan fingerprint density at radius 3 is 2.95 bits per heavy atom. The minimum absolute atomic E-state index is 0.0178. The van der Waals surface area contributed by atoms with Gasteiger partial charge >= 0.3 is 0 Å². The first-order valence-electron chi connectivity index (χ1n) is 6.99. The highest BCUT2D eigenvalue weighted by atomic mass is 32.1. The number of likely N-dealkylation sites (tertiary alicyclic amines) is 1. The molecular weight excluding hydrogens is 258 g/mol. The van der Waals surface area contributed by atoms with Crippen LogP contribution in [-0.4, -0.2) is 47.9 Å². The van der Waals surface area contributed by atoms with Crippen LogP contribution in [0.2, 0.25) is 0 Å². The highest BCUT2D eigenvalue weighted by Crippen LogP contribution is 2.32. The summed E-state index contributed by atoms with van der Waals surface area (Å²) in [5.41, 5.74) is 1.23. The maximum Gasteiger partial charge on any atom is 0.241 e. The molecule has 3 rings (SSSR count). The molecule has 2 fully saturated rings. The predicted molar refractivity (Wildman–Crippen MR) is 77.0 cm³/mol. The number of nitrogens with zero attached hydrogens (tertiary/aromatic N) is 2. The van der Waals surface area contributed by atoms with E-state index in [-0.39, 0.29) is 18.1 Å². The van der Waals surface area contributed by atoms with Gasteiger partial charge in [0.25, 0.3) is 0 Å². The molecule has 0 saturated carbocycles. The fraction of sp³-hybridized carbons (Fsp3) is 0.643. The molecule has 1 aromatic rings. The molecule has 0 aromatic carbocycles. The highest BCUT2D eigenvalue weighted by Gasteiger charge is 2.43. The molecule has 104 valence electrons. The van der Waals surface area contributed by atoms with Gasteiger partial charge in [-0.1, -0.05) is 6.92 Å². The smallest absolute Gasteiger partial charge is 0.241 e. The number of likely N-dealkylation sites (N-methyl/N-ethyl adjacent to an activating group) is 1. The van der Waals surface area contributed by atoms with Gasteiger partial charge in [0.1, 0.15) is 6.17 Å². The van der Waals surface area contributed by atoms with E-state index >= 15 is 0 Å². The van der Waals surface area contributed by atoms with Crippen molar-refractivity contribution in [1.29, 1.82) is 0 Å². The van der Waals surface area contributed by atoms with Crippen molar-refractivity contribution in [2.45, 2.75) is 38.0 Å². The minimum Gasteiger partial charge on any atom is -0.317 e. The van der Waals surface area contributed by atoms with Gasteiger partial charge in [-0.2, -0.15) is 11.3 Å². The fourth-order valence-electron chi connectivity index (χ4n) is 3.16. The Balaban J connectivity index is 1.86. The molecule has 5 heteroatoms. The van der Waals surface area contributed by atoms with E-state index in [0.29, 0.717) is 6.04 Å². The Bertz CT molecular complexity index is 448. The lowest BCUT2D eigenvalue weighted by Crippen LogP contribution is -2.41. The van der Waals surface area contributed by atoms with Gasteiger partial charge in [0.15, 0.2) is 0 Å². The van der Waals surface area contributed by atoms with E-state index in [1.165, 1.54) is 5.56 Å². The van der Waals surface area contributed by atoms with Crippen molar-refractivity contribution in [3.05, 3.63) is 22.4 Å². The second-order valence-corrected chi connectivity index (χ2v) is 6.32. The molecule has 0 aliphatic carbocycles. The third kappa shape index (κ3) is 2.30. The summed E-state index contributed by atoms with van der Waals surface area (Å²) in [6.07, 6.45) is 2.01. The van der Waals surface area contributed by atoms with E-state index in [1.54, 1.807) is 11.3 Å². The quantitative estimate of drug-likeness (QED) is 0.914. The van der Waals surface area contributed by atoms with Crippen molar-refractivity contribution in [2.75, 3.05) is 20.1 Å². The minimum atomic E-state index is -0.0178. The third-order valence-corrected chi connectivity index (χ3v) is 4.92. The van der Waals surface area contributed by atoms with Crippen molar-refractivity contribution in [3.8, 4) is 0 Å². The van der Waals surface area contributed by atoms with Gasteiger partial charge in [-0.15, -0.1) is 0 Å². The molecule has 0 spiro atoms. The summed E-state index contributed by atoms with van der Waals surface area (Å²) in [4.78, 5) is 17.0. The Hall–Kier alpha value is -0.910. The number of carbonyl (C=O) groups is 1. The summed E-state index contributed by atoms with van der Waals surface area (Å²) in [5, 5.41) is 7.73. The van der Waals surface area contributed by atoms with Crippen LogP contribution in [0.4, 0.5) is 0 Å². The normalized spacial score (nSPS) is 32.4. The zero-order chi connectivity index (χ0) is 13.4. The molecule has 3 heterocycles. The number of nitrogens with one attached hydrogen (secondary N) is 1. The van der Waals surface area contributed by atoms with Crippen molar-refractivity contribution >= 4 is 17.2 Å². The maximum absolute atomic E-state index is 12.6. The Morgan fingerprint density at radius 2 is 2.37 bits per heavy atom. The van der Waals surface area contributed by atoms with E-state index < -0.39 is 0 Å². The zero-order valence-electron chi connectivity index (χ0n) is 11.5. The molecule has 1 N–H and O–H groups in total. The second-order valence-electron chi connectivity index (χ2n) is 5.54. The molecule has 2 saturated heterocycles. The van der Waals surface area contributed by atoms with Crippen LogP contribution in [-0.2, 0) is 4.79 Å². The van der Waals surface area contributed by atoms with Gasteiger partial charge in [0.2, 0.25) is 5.91 Å². The average molecular weight is 279 g/mol. The van der Waals surface area contributed by atoms with Crippen LogP contribution in [0.1, 0.15) is 31.5 Å². The first-order valence-corrected chi connectivity index (χ1v) is 7.94. The standard InChI is InChI=1S/C14H21N3OS/c1-3-12-14(18)17(11-4-6-16(2)8-11)13(15-12)10-5-7-19-9-10/h5,7,9,11-13,15H,3-4,6,8H2,1-2H3. The molecule has 1 amide bonds. The Morgan fingerprint density at radius 1 is 1.53 bits per heavy atom. The Kier molecular flexibility index (Phi) is 3.60. The average Bonchev–Trinajstić information content (AvgIpc) is 3.08. The molecule has 2 aliphatic rings. The van der Waals surface area contributed by atoms with Crippen molar-refractivity contribution < 1.29 is 4.79 Å². The van der Waals surface area contributed by atoms with E-state index in [1.807, 2.05) is 0 Å². The predicted octanol–water partition coefficient (Wildman–Crippen LogP) is 1.66. The van der Waals surface area contributed by atoms with Crippen LogP contribution in [0.25, 0.3) is 0 Å². The molecular formula is C14H21N3OS.